The van der Waals surface area contributed by atoms with Gasteiger partial charge >= 0.3 is 0 Å². The van der Waals surface area contributed by atoms with E-state index in [-0.39, 0.29) is 12.3 Å². The standard InChI is InChI=1S/C16H17BrN2O3S/c1-19(23(2,21)22)15-9-4-3-8-14(15)18-16(20)11-12-6-5-7-13(17)10-12/h3-10H,11H2,1-2H3,(H,18,20). The Kier molecular flexibility index (Phi) is 5.43. The van der Waals surface area contributed by atoms with Gasteiger partial charge in [0.1, 0.15) is 0 Å². The molecule has 0 radical (unpaired) electrons. The highest BCUT2D eigenvalue weighted by Gasteiger charge is 2.16. The summed E-state index contributed by atoms with van der Waals surface area (Å²) >= 11 is 3.37. The van der Waals surface area contributed by atoms with Gasteiger partial charge in [-0.2, -0.15) is 0 Å². The van der Waals surface area contributed by atoms with Gasteiger partial charge in [-0.3, -0.25) is 9.10 Å². The van der Waals surface area contributed by atoms with Gasteiger partial charge in [0.25, 0.3) is 0 Å². The van der Waals surface area contributed by atoms with Crippen LogP contribution in [0.5, 0.6) is 0 Å². The highest BCUT2D eigenvalue weighted by Crippen LogP contribution is 2.26. The van der Waals surface area contributed by atoms with Crippen LogP contribution in [-0.4, -0.2) is 27.6 Å². The third kappa shape index (κ3) is 4.80. The highest BCUT2D eigenvalue weighted by atomic mass is 79.9. The summed E-state index contributed by atoms with van der Waals surface area (Å²) < 4.78 is 25.5. The van der Waals surface area contributed by atoms with Gasteiger partial charge < -0.3 is 5.32 Å². The number of benzene rings is 2. The molecule has 1 amide bonds. The third-order valence-electron chi connectivity index (χ3n) is 3.27. The minimum Gasteiger partial charge on any atom is -0.324 e. The summed E-state index contributed by atoms with van der Waals surface area (Å²) in [6.07, 6.45) is 1.32. The van der Waals surface area contributed by atoms with Crippen molar-refractivity contribution in [3.05, 3.63) is 58.6 Å². The van der Waals surface area contributed by atoms with Crippen LogP contribution in [0.15, 0.2) is 53.0 Å². The first-order chi connectivity index (χ1) is 10.8. The maximum absolute atomic E-state index is 12.2. The Morgan fingerprint density at radius 3 is 2.52 bits per heavy atom. The lowest BCUT2D eigenvalue weighted by Gasteiger charge is -2.20. The molecule has 0 aromatic heterocycles. The summed E-state index contributed by atoms with van der Waals surface area (Å²) in [5.41, 5.74) is 1.75. The van der Waals surface area contributed by atoms with Crippen LogP contribution >= 0.6 is 15.9 Å². The predicted molar refractivity (Wildman–Crippen MR) is 96.2 cm³/mol. The minimum absolute atomic E-state index is 0.205. The van der Waals surface area contributed by atoms with E-state index in [1.165, 1.54) is 7.05 Å². The molecule has 0 aliphatic heterocycles. The number of nitrogens with zero attached hydrogens (tertiary/aromatic N) is 1. The lowest BCUT2D eigenvalue weighted by molar-refractivity contribution is -0.115. The molecule has 2 aromatic rings. The maximum atomic E-state index is 12.2. The summed E-state index contributed by atoms with van der Waals surface area (Å²) in [6.45, 7) is 0. The molecule has 23 heavy (non-hydrogen) atoms. The SMILES string of the molecule is CN(c1ccccc1NC(=O)Cc1cccc(Br)c1)S(C)(=O)=O. The van der Waals surface area contributed by atoms with Crippen molar-refractivity contribution in [3.63, 3.8) is 0 Å². The van der Waals surface area contributed by atoms with Crippen molar-refractivity contribution < 1.29 is 13.2 Å². The van der Waals surface area contributed by atoms with E-state index in [9.17, 15) is 13.2 Å². The van der Waals surface area contributed by atoms with Crippen molar-refractivity contribution in [1.29, 1.82) is 0 Å². The van der Waals surface area contributed by atoms with Gasteiger partial charge in [0.15, 0.2) is 0 Å². The number of nitrogens with one attached hydrogen (secondary N) is 1. The van der Waals surface area contributed by atoms with Gasteiger partial charge in [0, 0.05) is 11.5 Å². The van der Waals surface area contributed by atoms with Crippen molar-refractivity contribution in [1.82, 2.24) is 0 Å². The van der Waals surface area contributed by atoms with Crippen molar-refractivity contribution in [3.8, 4) is 0 Å². The van der Waals surface area contributed by atoms with Crippen LogP contribution in [0.1, 0.15) is 5.56 Å². The number of sulfonamides is 1. The van der Waals surface area contributed by atoms with Crippen molar-refractivity contribution in [2.45, 2.75) is 6.42 Å². The number of para-hydroxylation sites is 2. The van der Waals surface area contributed by atoms with Crippen molar-refractivity contribution >= 4 is 43.2 Å². The first-order valence-electron chi connectivity index (χ1n) is 6.84. The molecule has 2 aromatic carbocycles. The highest BCUT2D eigenvalue weighted by molar-refractivity contribution is 9.10. The second-order valence-corrected chi connectivity index (χ2v) is 8.03. The lowest BCUT2D eigenvalue weighted by atomic mass is 10.1. The van der Waals surface area contributed by atoms with Gasteiger partial charge in [-0.1, -0.05) is 40.2 Å². The van der Waals surface area contributed by atoms with Crippen molar-refractivity contribution in [2.24, 2.45) is 0 Å². The fourth-order valence-corrected chi connectivity index (χ4v) is 3.02. The number of rotatable bonds is 5. The van der Waals surface area contributed by atoms with E-state index >= 15 is 0 Å². The molecule has 0 saturated carbocycles. The zero-order valence-electron chi connectivity index (χ0n) is 12.8. The first kappa shape index (κ1) is 17.5. The lowest BCUT2D eigenvalue weighted by Crippen LogP contribution is -2.26. The van der Waals surface area contributed by atoms with Gasteiger partial charge in [-0.15, -0.1) is 0 Å². The molecule has 0 unspecified atom stereocenters. The van der Waals surface area contributed by atoms with E-state index < -0.39 is 10.0 Å². The molecule has 0 aliphatic carbocycles. The number of amides is 1. The average molecular weight is 397 g/mol. The fourth-order valence-electron chi connectivity index (χ4n) is 2.06. The molecule has 7 heteroatoms. The van der Waals surface area contributed by atoms with Crippen LogP contribution in [-0.2, 0) is 21.2 Å². The molecule has 0 spiro atoms. The number of carbonyl (C=O) groups is 1. The smallest absolute Gasteiger partial charge is 0.232 e. The quantitative estimate of drug-likeness (QED) is 0.844. The number of anilines is 2. The normalized spacial score (nSPS) is 11.1. The molecule has 0 saturated heterocycles. The summed E-state index contributed by atoms with van der Waals surface area (Å²) in [7, 11) is -1.95. The first-order valence-corrected chi connectivity index (χ1v) is 9.49. The topological polar surface area (TPSA) is 66.5 Å². The molecule has 2 rings (SSSR count). The summed E-state index contributed by atoms with van der Waals surface area (Å²) in [6, 6.07) is 14.3. The van der Waals surface area contributed by atoms with Crippen molar-refractivity contribution in [2.75, 3.05) is 22.9 Å². The summed E-state index contributed by atoms with van der Waals surface area (Å²) in [5, 5.41) is 2.77. The second kappa shape index (κ2) is 7.14. The number of hydrogen-bond acceptors (Lipinski definition) is 3. The van der Waals surface area contributed by atoms with E-state index in [2.05, 4.69) is 21.2 Å². The van der Waals surface area contributed by atoms with E-state index in [4.69, 9.17) is 0 Å². The van der Waals surface area contributed by atoms with Gasteiger partial charge in [0.2, 0.25) is 15.9 Å². The van der Waals surface area contributed by atoms with Gasteiger partial charge in [0.05, 0.1) is 24.1 Å². The molecular weight excluding hydrogens is 380 g/mol. The molecule has 5 nitrogen and oxygen atoms in total. The maximum Gasteiger partial charge on any atom is 0.232 e. The van der Waals surface area contributed by atoms with Crippen LogP contribution in [0.4, 0.5) is 11.4 Å². The number of hydrogen-bond donors (Lipinski definition) is 1. The molecule has 0 atom stereocenters. The largest absolute Gasteiger partial charge is 0.324 e. The Morgan fingerprint density at radius 1 is 1.17 bits per heavy atom. The Bertz CT molecular complexity index is 822. The molecule has 1 N–H and O–H groups in total. The van der Waals surface area contributed by atoms with Gasteiger partial charge in [-0.25, -0.2) is 8.42 Å². The van der Waals surface area contributed by atoms with E-state index in [0.29, 0.717) is 11.4 Å². The Hall–Kier alpha value is -1.86. The summed E-state index contributed by atoms with van der Waals surface area (Å²) in [5.74, 6) is -0.211. The zero-order chi connectivity index (χ0) is 17.0. The van der Waals surface area contributed by atoms with E-state index in [1.54, 1.807) is 24.3 Å². The van der Waals surface area contributed by atoms with E-state index in [0.717, 1.165) is 20.6 Å². The van der Waals surface area contributed by atoms with Crippen LogP contribution in [0, 0.1) is 0 Å². The fraction of sp³-hybridized carbons (Fsp3) is 0.188. The average Bonchev–Trinajstić information content (AvgIpc) is 2.46. The van der Waals surface area contributed by atoms with E-state index in [1.807, 2.05) is 24.3 Å². The Balaban J connectivity index is 2.19. The van der Waals surface area contributed by atoms with Crippen LogP contribution in [0.2, 0.25) is 0 Å². The minimum atomic E-state index is -3.40. The molecule has 0 aliphatic rings. The van der Waals surface area contributed by atoms with Gasteiger partial charge in [-0.05, 0) is 29.8 Å². The molecule has 122 valence electrons. The zero-order valence-corrected chi connectivity index (χ0v) is 15.2. The van der Waals surface area contributed by atoms with Crippen LogP contribution < -0.4 is 9.62 Å². The Morgan fingerprint density at radius 2 is 1.87 bits per heavy atom. The Labute approximate surface area is 144 Å². The van der Waals surface area contributed by atoms with Crippen LogP contribution in [0.3, 0.4) is 0 Å². The summed E-state index contributed by atoms with van der Waals surface area (Å²) in [4.78, 5) is 12.2. The number of carbonyl (C=O) groups excluding carboxylic acids is 1. The monoisotopic (exact) mass is 396 g/mol. The van der Waals surface area contributed by atoms with Crippen LogP contribution in [0.25, 0.3) is 0 Å². The second-order valence-electron chi connectivity index (χ2n) is 5.10. The molecule has 0 bridgehead atoms. The molecule has 0 heterocycles. The third-order valence-corrected chi connectivity index (χ3v) is 4.95. The molecular formula is C16H17BrN2O3S. The number of halogens is 1. The predicted octanol–water partition coefficient (Wildman–Crippen LogP) is 3.03. The molecule has 0 fully saturated rings.